The number of nitrogens with one attached hydrogen (secondary N) is 1. The van der Waals surface area contributed by atoms with Crippen molar-refractivity contribution in [2.75, 3.05) is 19.8 Å². The molecular formula is C12H17NO3S. The van der Waals surface area contributed by atoms with Crippen LogP contribution in [0.2, 0.25) is 0 Å². The highest BCUT2D eigenvalue weighted by Gasteiger charge is 2.05. The number of hydrogen-bond acceptors (Lipinski definition) is 4. The van der Waals surface area contributed by atoms with E-state index in [1.54, 1.807) is 11.4 Å². The van der Waals surface area contributed by atoms with E-state index in [2.05, 4.69) is 11.9 Å². The predicted molar refractivity (Wildman–Crippen MR) is 68.6 cm³/mol. The summed E-state index contributed by atoms with van der Waals surface area (Å²) in [7, 11) is 0. The molecule has 0 saturated heterocycles. The summed E-state index contributed by atoms with van der Waals surface area (Å²) in [6, 6.07) is 1.69. The monoisotopic (exact) mass is 255 g/mol. The van der Waals surface area contributed by atoms with Gasteiger partial charge in [-0.05, 0) is 12.5 Å². The zero-order valence-corrected chi connectivity index (χ0v) is 10.5. The maximum absolute atomic E-state index is 10.6. The van der Waals surface area contributed by atoms with Gasteiger partial charge in [0.05, 0.1) is 18.8 Å². The van der Waals surface area contributed by atoms with Gasteiger partial charge in [-0.1, -0.05) is 6.08 Å². The van der Waals surface area contributed by atoms with Crippen molar-refractivity contribution in [3.05, 3.63) is 34.5 Å². The average Bonchev–Trinajstić information content (AvgIpc) is 2.77. The van der Waals surface area contributed by atoms with Crippen molar-refractivity contribution in [3.8, 4) is 0 Å². The van der Waals surface area contributed by atoms with Crippen LogP contribution >= 0.6 is 11.3 Å². The molecule has 0 aliphatic rings. The van der Waals surface area contributed by atoms with Crippen molar-refractivity contribution in [1.82, 2.24) is 5.32 Å². The number of aromatic carboxylic acids is 1. The van der Waals surface area contributed by atoms with Gasteiger partial charge < -0.3 is 15.2 Å². The lowest BCUT2D eigenvalue weighted by Crippen LogP contribution is -2.18. The summed E-state index contributed by atoms with van der Waals surface area (Å²) in [6.07, 6.45) is 2.69. The van der Waals surface area contributed by atoms with E-state index in [1.165, 1.54) is 11.3 Å². The van der Waals surface area contributed by atoms with Gasteiger partial charge in [-0.25, -0.2) is 4.79 Å². The first-order valence-corrected chi connectivity index (χ1v) is 6.32. The molecule has 4 nitrogen and oxygen atoms in total. The quantitative estimate of drug-likeness (QED) is 0.524. The van der Waals surface area contributed by atoms with Crippen molar-refractivity contribution < 1.29 is 14.6 Å². The first kappa shape index (κ1) is 13.9. The molecule has 1 aromatic rings. The van der Waals surface area contributed by atoms with Gasteiger partial charge >= 0.3 is 5.97 Å². The molecule has 0 aliphatic carbocycles. The summed E-state index contributed by atoms with van der Waals surface area (Å²) in [5.41, 5.74) is 0.356. The summed E-state index contributed by atoms with van der Waals surface area (Å²) in [4.78, 5) is 11.7. The molecule has 0 unspecified atom stereocenters. The molecule has 0 spiro atoms. The Morgan fingerprint density at radius 3 is 3.06 bits per heavy atom. The Morgan fingerprint density at radius 2 is 2.41 bits per heavy atom. The van der Waals surface area contributed by atoms with E-state index in [0.717, 1.165) is 17.8 Å². The molecule has 0 aromatic carbocycles. The smallest absolute Gasteiger partial charge is 0.336 e. The van der Waals surface area contributed by atoms with Crippen molar-refractivity contribution in [2.45, 2.75) is 13.0 Å². The van der Waals surface area contributed by atoms with Gasteiger partial charge in [0.2, 0.25) is 0 Å². The summed E-state index contributed by atoms with van der Waals surface area (Å²) in [5.74, 6) is -0.875. The number of ether oxygens (including phenoxy) is 1. The molecule has 0 fully saturated rings. The number of carboxylic acid groups (broad SMARTS) is 1. The van der Waals surface area contributed by atoms with Crippen molar-refractivity contribution in [3.63, 3.8) is 0 Å². The van der Waals surface area contributed by atoms with Crippen LogP contribution in [0.15, 0.2) is 24.1 Å². The Kier molecular flexibility index (Phi) is 6.54. The molecule has 17 heavy (non-hydrogen) atoms. The lowest BCUT2D eigenvalue weighted by atomic mass is 10.3. The molecule has 5 heteroatoms. The molecule has 1 heterocycles. The van der Waals surface area contributed by atoms with Gasteiger partial charge in [0.25, 0.3) is 0 Å². The van der Waals surface area contributed by atoms with Crippen LogP contribution in [-0.4, -0.2) is 30.8 Å². The Balaban J connectivity index is 2.09. The van der Waals surface area contributed by atoms with E-state index in [4.69, 9.17) is 9.84 Å². The minimum atomic E-state index is -0.875. The van der Waals surface area contributed by atoms with Crippen molar-refractivity contribution in [1.29, 1.82) is 0 Å². The number of thiophene rings is 1. The summed E-state index contributed by atoms with van der Waals surface area (Å²) in [6.45, 7) is 6.41. The molecular weight excluding hydrogens is 238 g/mol. The Hall–Kier alpha value is -1.17. The molecule has 1 rings (SSSR count). The van der Waals surface area contributed by atoms with Crippen LogP contribution in [-0.2, 0) is 11.3 Å². The third-order valence-corrected chi connectivity index (χ3v) is 3.03. The van der Waals surface area contributed by atoms with Crippen molar-refractivity contribution >= 4 is 17.3 Å². The van der Waals surface area contributed by atoms with E-state index in [-0.39, 0.29) is 0 Å². The lowest BCUT2D eigenvalue weighted by molar-refractivity contribution is 0.0697. The second kappa shape index (κ2) is 8.00. The van der Waals surface area contributed by atoms with Gasteiger partial charge in [0.1, 0.15) is 0 Å². The average molecular weight is 255 g/mol. The van der Waals surface area contributed by atoms with Crippen LogP contribution in [0.3, 0.4) is 0 Å². The molecule has 0 saturated carbocycles. The van der Waals surface area contributed by atoms with E-state index >= 15 is 0 Å². The Morgan fingerprint density at radius 1 is 1.59 bits per heavy atom. The molecule has 0 amide bonds. The van der Waals surface area contributed by atoms with Crippen LogP contribution in [0, 0.1) is 0 Å². The summed E-state index contributed by atoms with van der Waals surface area (Å²) in [5, 5.41) is 13.6. The third-order valence-electron chi connectivity index (χ3n) is 2.09. The van der Waals surface area contributed by atoms with E-state index in [0.29, 0.717) is 25.3 Å². The molecule has 2 N–H and O–H groups in total. The minimum Gasteiger partial charge on any atom is -0.478 e. The predicted octanol–water partition coefficient (Wildman–Crippen LogP) is 2.13. The molecule has 0 aliphatic heterocycles. The van der Waals surface area contributed by atoms with Crippen LogP contribution in [0.25, 0.3) is 0 Å². The van der Waals surface area contributed by atoms with Gasteiger partial charge in [-0.15, -0.1) is 17.9 Å². The molecule has 1 aromatic heterocycles. The lowest BCUT2D eigenvalue weighted by Gasteiger charge is -2.03. The maximum Gasteiger partial charge on any atom is 0.336 e. The van der Waals surface area contributed by atoms with Crippen LogP contribution < -0.4 is 5.32 Å². The summed E-state index contributed by atoms with van der Waals surface area (Å²) < 4.78 is 5.33. The standard InChI is InChI=1S/C12H17NO3S/c1-2-3-5-16-6-4-13-8-11-7-10(9-17-11)12(14)15/h2,7,9,13H,1,3-6,8H2,(H,14,15). The first-order chi connectivity index (χ1) is 8.24. The van der Waals surface area contributed by atoms with Crippen LogP contribution in [0.1, 0.15) is 21.7 Å². The minimum absolute atomic E-state index is 0.356. The van der Waals surface area contributed by atoms with Gasteiger partial charge in [-0.3, -0.25) is 0 Å². The topological polar surface area (TPSA) is 58.6 Å². The first-order valence-electron chi connectivity index (χ1n) is 5.44. The second-order valence-corrected chi connectivity index (χ2v) is 4.47. The maximum atomic E-state index is 10.6. The fourth-order valence-corrected chi connectivity index (χ4v) is 2.04. The number of rotatable bonds is 9. The molecule has 0 radical (unpaired) electrons. The van der Waals surface area contributed by atoms with E-state index in [9.17, 15) is 4.79 Å². The number of carboxylic acids is 1. The third kappa shape index (κ3) is 5.63. The normalized spacial score (nSPS) is 10.4. The molecule has 0 bridgehead atoms. The summed E-state index contributed by atoms with van der Waals surface area (Å²) >= 11 is 1.45. The highest BCUT2D eigenvalue weighted by molar-refractivity contribution is 7.10. The fourth-order valence-electron chi connectivity index (χ4n) is 1.21. The van der Waals surface area contributed by atoms with Gasteiger partial charge in [0.15, 0.2) is 0 Å². The second-order valence-electron chi connectivity index (χ2n) is 3.47. The zero-order valence-electron chi connectivity index (χ0n) is 9.65. The highest BCUT2D eigenvalue weighted by atomic mass is 32.1. The Bertz CT molecular complexity index is 362. The fraction of sp³-hybridized carbons (Fsp3) is 0.417. The SMILES string of the molecule is C=CCCOCCNCc1cc(C(=O)O)cs1. The molecule has 0 atom stereocenters. The van der Waals surface area contributed by atoms with E-state index < -0.39 is 5.97 Å². The Labute approximate surface area is 105 Å². The zero-order chi connectivity index (χ0) is 12.5. The number of hydrogen-bond donors (Lipinski definition) is 2. The highest BCUT2D eigenvalue weighted by Crippen LogP contribution is 2.14. The van der Waals surface area contributed by atoms with Gasteiger partial charge in [0, 0.05) is 23.3 Å². The van der Waals surface area contributed by atoms with Crippen molar-refractivity contribution in [2.24, 2.45) is 0 Å². The largest absolute Gasteiger partial charge is 0.478 e. The van der Waals surface area contributed by atoms with Gasteiger partial charge in [-0.2, -0.15) is 0 Å². The number of carbonyl (C=O) groups is 1. The van der Waals surface area contributed by atoms with Crippen LogP contribution in [0.4, 0.5) is 0 Å². The van der Waals surface area contributed by atoms with E-state index in [1.807, 2.05) is 6.08 Å². The van der Waals surface area contributed by atoms with Crippen LogP contribution in [0.5, 0.6) is 0 Å². The molecule has 94 valence electrons.